The van der Waals surface area contributed by atoms with Gasteiger partial charge in [-0.2, -0.15) is 26.3 Å². The number of amides is 2. The van der Waals surface area contributed by atoms with Gasteiger partial charge < -0.3 is 14.5 Å². The van der Waals surface area contributed by atoms with Crippen LogP contribution >= 0.6 is 0 Å². The Hall–Kier alpha value is -2.89. The Kier molecular flexibility index (Phi) is 6.95. The first-order valence-corrected chi connectivity index (χ1v) is 12.0. The van der Waals surface area contributed by atoms with E-state index in [9.17, 15) is 40.7 Å². The lowest BCUT2D eigenvalue weighted by Gasteiger charge is -2.52. The van der Waals surface area contributed by atoms with Crippen LogP contribution in [0.15, 0.2) is 17.8 Å². The number of fused-ring (bicyclic) bond motifs is 5. The molecule has 1 aromatic rings. The zero-order chi connectivity index (χ0) is 26.9. The molecule has 1 aliphatic carbocycles. The zero-order valence-electron chi connectivity index (χ0n) is 19.8. The van der Waals surface area contributed by atoms with Crippen molar-refractivity contribution in [1.29, 1.82) is 0 Å². The molecule has 3 heterocycles. The minimum absolute atomic E-state index is 0. The lowest BCUT2D eigenvalue weighted by atomic mass is 9.82. The van der Waals surface area contributed by atoms with Crippen LogP contribution in [0.4, 0.5) is 26.3 Å². The number of piperidine rings is 1. The predicted molar refractivity (Wildman–Crippen MR) is 123 cm³/mol. The first-order chi connectivity index (χ1) is 17.3. The standard InChI is InChI=1S/C25H24F6N2O4.CH4/c1-37-23(7-2-3-8-23)20(34)22(36)33-17-5-4-6-18(33)21(35)32-12-15-13(10-19(17)32)9-14(24(26,27)28)11-16(15)25(29,30)31;/h9-11,17-18H,2-8,12H2,1H3;1H4. The molecular formula is C26H28F6N2O4. The molecule has 6 nitrogen and oxygen atoms in total. The Labute approximate surface area is 215 Å². The van der Waals surface area contributed by atoms with Crippen LogP contribution in [-0.2, 0) is 38.0 Å². The first-order valence-electron chi connectivity index (χ1n) is 12.0. The molecule has 0 N–H and O–H groups in total. The summed E-state index contributed by atoms with van der Waals surface area (Å²) in [6, 6.07) is -1.19. The number of benzene rings is 1. The average molecular weight is 547 g/mol. The van der Waals surface area contributed by atoms with Crippen LogP contribution in [0.25, 0.3) is 6.08 Å². The summed E-state index contributed by atoms with van der Waals surface area (Å²) in [4.78, 5) is 42.6. The topological polar surface area (TPSA) is 66.9 Å². The molecular weight excluding hydrogens is 518 g/mol. The molecule has 2 amide bonds. The lowest BCUT2D eigenvalue weighted by molar-refractivity contribution is -0.166. The van der Waals surface area contributed by atoms with E-state index in [-0.39, 0.29) is 31.2 Å². The molecule has 38 heavy (non-hydrogen) atoms. The highest BCUT2D eigenvalue weighted by Gasteiger charge is 2.54. The number of hydrogen-bond donors (Lipinski definition) is 0. The number of carbonyl (C=O) groups excluding carboxylic acids is 3. The monoisotopic (exact) mass is 546 g/mol. The number of nitrogens with zero attached hydrogens (tertiary/aromatic N) is 2. The van der Waals surface area contributed by atoms with Crippen molar-refractivity contribution in [2.75, 3.05) is 7.11 Å². The molecule has 0 spiro atoms. The number of halogens is 6. The van der Waals surface area contributed by atoms with Crippen molar-refractivity contribution < 1.29 is 45.5 Å². The molecule has 1 saturated carbocycles. The first kappa shape index (κ1) is 28.1. The molecule has 12 heteroatoms. The van der Waals surface area contributed by atoms with E-state index < -0.39 is 70.9 Å². The van der Waals surface area contributed by atoms with Crippen LogP contribution in [0.2, 0.25) is 0 Å². The Balaban J connectivity index is 0.00000336. The number of piperazine rings is 1. The van der Waals surface area contributed by atoms with E-state index in [1.807, 2.05) is 0 Å². The second kappa shape index (κ2) is 9.39. The Morgan fingerprint density at radius 1 is 0.974 bits per heavy atom. The molecule has 1 aromatic carbocycles. The molecule has 3 aliphatic heterocycles. The van der Waals surface area contributed by atoms with Crippen LogP contribution in [0.1, 0.15) is 74.6 Å². The fraction of sp³-hybridized carbons (Fsp3) is 0.577. The van der Waals surface area contributed by atoms with Gasteiger partial charge >= 0.3 is 12.4 Å². The maximum absolute atomic E-state index is 13.8. The van der Waals surface area contributed by atoms with E-state index in [2.05, 4.69) is 0 Å². The third-order valence-electron chi connectivity index (χ3n) is 8.01. The highest BCUT2D eigenvalue weighted by molar-refractivity contribution is 6.39. The summed E-state index contributed by atoms with van der Waals surface area (Å²) in [6.07, 6.45) is -5.84. The van der Waals surface area contributed by atoms with E-state index in [0.29, 0.717) is 44.6 Å². The minimum atomic E-state index is -5.07. The molecule has 2 bridgehead atoms. The number of carbonyl (C=O) groups is 3. The predicted octanol–water partition coefficient (Wildman–Crippen LogP) is 5.34. The van der Waals surface area contributed by atoms with Gasteiger partial charge in [-0.25, -0.2) is 0 Å². The second-order valence-electron chi connectivity index (χ2n) is 9.99. The molecule has 0 radical (unpaired) electrons. The van der Waals surface area contributed by atoms with E-state index in [0.717, 1.165) is 11.0 Å². The normalized spacial score (nSPS) is 24.3. The van der Waals surface area contributed by atoms with Crippen molar-refractivity contribution in [3.63, 3.8) is 0 Å². The highest BCUT2D eigenvalue weighted by Crippen LogP contribution is 2.46. The summed E-state index contributed by atoms with van der Waals surface area (Å²) in [5, 5.41) is 0. The summed E-state index contributed by atoms with van der Waals surface area (Å²) in [7, 11) is 1.34. The summed E-state index contributed by atoms with van der Waals surface area (Å²) in [5.74, 6) is -2.33. The van der Waals surface area contributed by atoms with Crippen LogP contribution in [0, 0.1) is 0 Å². The van der Waals surface area contributed by atoms with Crippen molar-refractivity contribution in [3.05, 3.63) is 40.1 Å². The van der Waals surface area contributed by atoms with Crippen LogP contribution in [-0.4, -0.2) is 52.2 Å². The number of rotatable bonds is 3. The molecule has 208 valence electrons. The minimum Gasteiger partial charge on any atom is -0.370 e. The van der Waals surface area contributed by atoms with Gasteiger partial charge in [0.1, 0.15) is 11.6 Å². The van der Waals surface area contributed by atoms with Gasteiger partial charge in [0.15, 0.2) is 0 Å². The average Bonchev–Trinajstić information content (AvgIpc) is 3.34. The van der Waals surface area contributed by atoms with Gasteiger partial charge in [0.2, 0.25) is 5.91 Å². The third kappa shape index (κ3) is 4.30. The smallest absolute Gasteiger partial charge is 0.370 e. The fourth-order valence-electron chi connectivity index (χ4n) is 6.16. The van der Waals surface area contributed by atoms with Gasteiger partial charge in [-0.15, -0.1) is 0 Å². The molecule has 3 fully saturated rings. The van der Waals surface area contributed by atoms with Gasteiger partial charge in [0.05, 0.1) is 23.7 Å². The summed E-state index contributed by atoms with van der Waals surface area (Å²) < 4.78 is 87.1. The van der Waals surface area contributed by atoms with E-state index in [1.165, 1.54) is 12.0 Å². The van der Waals surface area contributed by atoms with Gasteiger partial charge in [-0.1, -0.05) is 7.43 Å². The molecule has 2 saturated heterocycles. The van der Waals surface area contributed by atoms with Gasteiger partial charge in [-0.05, 0) is 74.3 Å². The number of hydrogen-bond acceptors (Lipinski definition) is 4. The quantitative estimate of drug-likeness (QED) is 0.380. The van der Waals surface area contributed by atoms with Crippen LogP contribution in [0.5, 0.6) is 0 Å². The maximum atomic E-state index is 13.8. The summed E-state index contributed by atoms with van der Waals surface area (Å²) in [6.45, 7) is -0.571. The molecule has 0 aromatic heterocycles. The van der Waals surface area contributed by atoms with Crippen molar-refractivity contribution >= 4 is 23.7 Å². The second-order valence-corrected chi connectivity index (χ2v) is 9.99. The molecule has 2 atom stereocenters. The largest absolute Gasteiger partial charge is 0.416 e. The number of alkyl halides is 6. The summed E-state index contributed by atoms with van der Waals surface area (Å²) >= 11 is 0. The number of Topliss-reactive ketones (excluding diaryl/α,β-unsaturated/α-hetero) is 1. The summed E-state index contributed by atoms with van der Waals surface area (Å²) in [5.41, 5.74) is -4.83. The van der Waals surface area contributed by atoms with Gasteiger partial charge in [0.25, 0.3) is 11.7 Å². The van der Waals surface area contributed by atoms with Gasteiger partial charge in [-0.3, -0.25) is 14.4 Å². The molecule has 4 aliphatic rings. The van der Waals surface area contributed by atoms with Crippen LogP contribution < -0.4 is 0 Å². The van der Waals surface area contributed by atoms with Crippen LogP contribution in [0.3, 0.4) is 0 Å². The van der Waals surface area contributed by atoms with Crippen molar-refractivity contribution in [2.45, 2.75) is 89.0 Å². The Morgan fingerprint density at radius 2 is 1.61 bits per heavy atom. The fourth-order valence-corrected chi connectivity index (χ4v) is 6.16. The van der Waals surface area contributed by atoms with E-state index in [1.54, 1.807) is 0 Å². The van der Waals surface area contributed by atoms with Gasteiger partial charge in [0, 0.05) is 12.8 Å². The third-order valence-corrected chi connectivity index (χ3v) is 8.01. The lowest BCUT2D eigenvalue weighted by Crippen LogP contribution is -2.66. The number of ether oxygens (including phenoxy) is 1. The van der Waals surface area contributed by atoms with Crippen molar-refractivity contribution in [2.24, 2.45) is 0 Å². The molecule has 2 unspecified atom stereocenters. The number of ketones is 1. The van der Waals surface area contributed by atoms with E-state index in [4.69, 9.17) is 4.74 Å². The molecule has 5 rings (SSSR count). The number of methoxy groups -OCH3 is 1. The van der Waals surface area contributed by atoms with Crippen molar-refractivity contribution in [1.82, 2.24) is 9.80 Å². The zero-order valence-corrected chi connectivity index (χ0v) is 19.8. The van der Waals surface area contributed by atoms with Crippen molar-refractivity contribution in [3.8, 4) is 0 Å². The maximum Gasteiger partial charge on any atom is 0.416 e. The Bertz CT molecular complexity index is 1200. The SMILES string of the molecule is C.COC1(C(=O)C(=O)N2C3CCCC2C2=Cc4cc(C(F)(F)F)cc(C(F)(F)F)c4CN2C3=O)CCCC1. The van der Waals surface area contributed by atoms with E-state index >= 15 is 0 Å². The Morgan fingerprint density at radius 3 is 2.18 bits per heavy atom. The highest BCUT2D eigenvalue weighted by atomic mass is 19.4.